The summed E-state index contributed by atoms with van der Waals surface area (Å²) in [6.45, 7) is 0.120. The maximum Gasteiger partial charge on any atom is 0.255 e. The molecule has 0 fully saturated rings. The molecule has 0 aromatic heterocycles. The van der Waals surface area contributed by atoms with Crippen LogP contribution in [0.15, 0.2) is 42.5 Å². The molecule has 29 heavy (non-hydrogen) atoms. The maximum atomic E-state index is 12.4. The molecule has 0 saturated heterocycles. The van der Waals surface area contributed by atoms with Gasteiger partial charge in [-0.3, -0.25) is 14.4 Å². The lowest BCUT2D eigenvalue weighted by molar-refractivity contribution is -0.120. The van der Waals surface area contributed by atoms with Gasteiger partial charge in [-0.2, -0.15) is 0 Å². The van der Waals surface area contributed by atoms with E-state index in [4.69, 9.17) is 19.9 Å². The maximum absolute atomic E-state index is 12.4. The summed E-state index contributed by atoms with van der Waals surface area (Å²) >= 11 is 0. The van der Waals surface area contributed by atoms with Gasteiger partial charge in [-0.05, 0) is 24.3 Å². The molecule has 0 aliphatic carbocycles. The summed E-state index contributed by atoms with van der Waals surface area (Å²) in [5.41, 5.74) is 5.89. The van der Waals surface area contributed by atoms with Crippen molar-refractivity contribution in [3.05, 3.63) is 53.6 Å². The van der Waals surface area contributed by atoms with E-state index in [9.17, 15) is 14.4 Å². The quantitative estimate of drug-likeness (QED) is 0.503. The average Bonchev–Trinajstić information content (AvgIpc) is 2.74. The fourth-order valence-electron chi connectivity index (χ4n) is 2.44. The molecule has 0 aliphatic heterocycles. The van der Waals surface area contributed by atoms with E-state index in [0.29, 0.717) is 5.56 Å². The van der Waals surface area contributed by atoms with Crippen LogP contribution in [0.4, 0.5) is 0 Å². The highest BCUT2D eigenvalue weighted by molar-refractivity contribution is 5.96. The van der Waals surface area contributed by atoms with Crippen LogP contribution in [0.3, 0.4) is 0 Å². The van der Waals surface area contributed by atoms with Gasteiger partial charge in [0.15, 0.2) is 18.1 Å². The fraction of sp³-hybridized carbons (Fsp3) is 0.250. The van der Waals surface area contributed by atoms with Crippen molar-refractivity contribution in [2.75, 3.05) is 33.9 Å². The van der Waals surface area contributed by atoms with E-state index in [1.807, 2.05) is 6.07 Å². The predicted octanol–water partition coefficient (Wildman–Crippen LogP) is 0.728. The smallest absolute Gasteiger partial charge is 0.255 e. The first-order valence-corrected chi connectivity index (χ1v) is 8.74. The van der Waals surface area contributed by atoms with Crippen molar-refractivity contribution in [2.24, 2.45) is 5.73 Å². The molecule has 9 nitrogen and oxygen atoms in total. The van der Waals surface area contributed by atoms with Crippen molar-refractivity contribution >= 4 is 17.7 Å². The zero-order chi connectivity index (χ0) is 21.2. The summed E-state index contributed by atoms with van der Waals surface area (Å²) in [6.07, 6.45) is 0. The van der Waals surface area contributed by atoms with Crippen molar-refractivity contribution in [3.8, 4) is 17.2 Å². The third kappa shape index (κ3) is 6.13. The Morgan fingerprint density at radius 3 is 1.86 bits per heavy atom. The van der Waals surface area contributed by atoms with Crippen molar-refractivity contribution in [3.63, 3.8) is 0 Å². The van der Waals surface area contributed by atoms with E-state index in [0.717, 1.165) is 0 Å². The lowest BCUT2D eigenvalue weighted by atomic mass is 10.1. The Hall–Kier alpha value is -3.75. The Balaban J connectivity index is 1.97. The van der Waals surface area contributed by atoms with Gasteiger partial charge >= 0.3 is 0 Å². The van der Waals surface area contributed by atoms with Gasteiger partial charge in [-0.25, -0.2) is 0 Å². The molecule has 0 unspecified atom stereocenters. The van der Waals surface area contributed by atoms with Crippen molar-refractivity contribution in [2.45, 2.75) is 0 Å². The van der Waals surface area contributed by atoms with Crippen LogP contribution in [0.2, 0.25) is 0 Å². The monoisotopic (exact) mass is 401 g/mol. The van der Waals surface area contributed by atoms with Crippen LogP contribution in [0.5, 0.6) is 17.2 Å². The number of carbonyl (C=O) groups is 3. The Morgan fingerprint density at radius 1 is 0.862 bits per heavy atom. The minimum Gasteiger partial charge on any atom is -0.493 e. The van der Waals surface area contributed by atoms with E-state index in [1.54, 1.807) is 24.3 Å². The van der Waals surface area contributed by atoms with Crippen molar-refractivity contribution in [1.29, 1.82) is 0 Å². The zero-order valence-corrected chi connectivity index (χ0v) is 16.2. The number of amides is 3. The molecule has 0 atom stereocenters. The molecule has 9 heteroatoms. The molecule has 0 spiro atoms. The van der Waals surface area contributed by atoms with Gasteiger partial charge in [0.1, 0.15) is 0 Å². The number of methoxy groups -OCH3 is 2. The van der Waals surface area contributed by atoms with Crippen LogP contribution < -0.4 is 30.6 Å². The molecule has 2 aromatic rings. The number of ether oxygens (including phenoxy) is 3. The summed E-state index contributed by atoms with van der Waals surface area (Å²) in [6, 6.07) is 11.7. The number of hydrogen-bond acceptors (Lipinski definition) is 6. The summed E-state index contributed by atoms with van der Waals surface area (Å²) in [7, 11) is 2.79. The number of carbonyl (C=O) groups excluding carboxylic acids is 3. The summed E-state index contributed by atoms with van der Waals surface area (Å²) < 4.78 is 15.8. The lowest BCUT2D eigenvalue weighted by Gasteiger charge is -2.15. The van der Waals surface area contributed by atoms with E-state index in [1.165, 1.54) is 26.4 Å². The van der Waals surface area contributed by atoms with Crippen LogP contribution in [-0.4, -0.2) is 51.6 Å². The minimum absolute atomic E-state index is 0.167. The standard InChI is InChI=1S/C20H23N3O6/c1-27-15-10-14(11-16(28-2)18(15)29-12-17(21)24)20(26)23-9-8-22-19(25)13-6-4-3-5-7-13/h3-7,10-11H,8-9,12H2,1-2H3,(H2,21,24)(H,22,25)(H,23,26). The van der Waals surface area contributed by atoms with Crippen LogP contribution in [0.1, 0.15) is 20.7 Å². The Bertz CT molecular complexity index is 845. The third-order valence-electron chi connectivity index (χ3n) is 3.81. The Kier molecular flexibility index (Phi) is 7.84. The van der Waals surface area contributed by atoms with Gasteiger partial charge in [-0.1, -0.05) is 18.2 Å². The van der Waals surface area contributed by atoms with Gasteiger partial charge in [0, 0.05) is 24.2 Å². The highest BCUT2D eigenvalue weighted by Gasteiger charge is 2.18. The number of hydrogen-bond donors (Lipinski definition) is 3. The molecule has 154 valence electrons. The molecule has 4 N–H and O–H groups in total. The molecule has 0 heterocycles. The average molecular weight is 401 g/mol. The SMILES string of the molecule is COc1cc(C(=O)NCCNC(=O)c2ccccc2)cc(OC)c1OCC(N)=O. The fourth-order valence-corrected chi connectivity index (χ4v) is 2.44. The van der Waals surface area contributed by atoms with Crippen LogP contribution >= 0.6 is 0 Å². The van der Waals surface area contributed by atoms with E-state index < -0.39 is 11.8 Å². The summed E-state index contributed by atoms with van der Waals surface area (Å²) in [5.74, 6) is -0.675. The minimum atomic E-state index is -0.659. The Morgan fingerprint density at radius 2 is 1.38 bits per heavy atom. The first kappa shape index (κ1) is 21.5. The van der Waals surface area contributed by atoms with Crippen molar-refractivity contribution < 1.29 is 28.6 Å². The molecule has 0 radical (unpaired) electrons. The third-order valence-corrected chi connectivity index (χ3v) is 3.81. The molecule has 0 bridgehead atoms. The predicted molar refractivity (Wildman–Crippen MR) is 105 cm³/mol. The van der Waals surface area contributed by atoms with E-state index in [2.05, 4.69) is 10.6 Å². The molecule has 0 aliphatic rings. The van der Waals surface area contributed by atoms with Gasteiger partial charge in [0.05, 0.1) is 14.2 Å². The number of benzene rings is 2. The van der Waals surface area contributed by atoms with Gasteiger partial charge in [0.2, 0.25) is 5.75 Å². The van der Waals surface area contributed by atoms with E-state index in [-0.39, 0.29) is 48.4 Å². The molecule has 0 saturated carbocycles. The number of nitrogens with two attached hydrogens (primary N) is 1. The Labute approximate surface area is 168 Å². The normalized spacial score (nSPS) is 10.0. The number of primary amides is 1. The van der Waals surface area contributed by atoms with Crippen LogP contribution in [0, 0.1) is 0 Å². The van der Waals surface area contributed by atoms with Gasteiger partial charge in [-0.15, -0.1) is 0 Å². The largest absolute Gasteiger partial charge is 0.493 e. The highest BCUT2D eigenvalue weighted by atomic mass is 16.5. The number of rotatable bonds is 10. The first-order valence-electron chi connectivity index (χ1n) is 8.74. The first-order chi connectivity index (χ1) is 14.0. The molecular weight excluding hydrogens is 378 g/mol. The second-order valence-electron chi connectivity index (χ2n) is 5.84. The lowest BCUT2D eigenvalue weighted by Crippen LogP contribution is -2.34. The second-order valence-corrected chi connectivity index (χ2v) is 5.84. The zero-order valence-electron chi connectivity index (χ0n) is 16.2. The summed E-state index contributed by atoms with van der Waals surface area (Å²) in [5, 5.41) is 5.42. The van der Waals surface area contributed by atoms with E-state index >= 15 is 0 Å². The molecule has 2 rings (SSSR count). The van der Waals surface area contributed by atoms with Crippen LogP contribution in [-0.2, 0) is 4.79 Å². The van der Waals surface area contributed by atoms with Crippen molar-refractivity contribution in [1.82, 2.24) is 10.6 Å². The molecule has 3 amide bonds. The van der Waals surface area contributed by atoms with Crippen LogP contribution in [0.25, 0.3) is 0 Å². The summed E-state index contributed by atoms with van der Waals surface area (Å²) in [4.78, 5) is 35.3. The topological polar surface area (TPSA) is 129 Å². The molecule has 2 aromatic carbocycles. The second kappa shape index (κ2) is 10.5. The highest BCUT2D eigenvalue weighted by Crippen LogP contribution is 2.38. The number of nitrogens with one attached hydrogen (secondary N) is 2. The van der Waals surface area contributed by atoms with Gasteiger partial charge in [0.25, 0.3) is 17.7 Å². The molecular formula is C20H23N3O6. The van der Waals surface area contributed by atoms with Gasteiger partial charge < -0.3 is 30.6 Å².